The SMILES string of the molecule is CCCCCCCCCCCCCCC(CCC(C)O)S(=O)(=O)[O-].[K+]. The summed E-state index contributed by atoms with van der Waals surface area (Å²) in [5, 5.41) is 8.42. The van der Waals surface area contributed by atoms with Gasteiger partial charge in [0.05, 0.1) is 16.2 Å². The maximum atomic E-state index is 11.2. The molecule has 0 aromatic carbocycles. The first-order valence-electron chi connectivity index (χ1n) is 10.0. The zero-order valence-corrected chi connectivity index (χ0v) is 20.8. The molecule has 0 heterocycles. The van der Waals surface area contributed by atoms with Gasteiger partial charge in [-0.1, -0.05) is 84.0 Å². The van der Waals surface area contributed by atoms with Crippen molar-refractivity contribution >= 4 is 10.1 Å². The van der Waals surface area contributed by atoms with E-state index in [2.05, 4.69) is 6.92 Å². The minimum Gasteiger partial charge on any atom is -0.748 e. The van der Waals surface area contributed by atoms with Crippen molar-refractivity contribution in [1.29, 1.82) is 0 Å². The van der Waals surface area contributed by atoms with Gasteiger partial charge in [0.15, 0.2) is 0 Å². The summed E-state index contributed by atoms with van der Waals surface area (Å²) >= 11 is 0. The Morgan fingerprint density at radius 3 is 1.52 bits per heavy atom. The van der Waals surface area contributed by atoms with Gasteiger partial charge in [0.2, 0.25) is 0 Å². The topological polar surface area (TPSA) is 77.4 Å². The second kappa shape index (κ2) is 18.9. The van der Waals surface area contributed by atoms with Crippen molar-refractivity contribution < 1.29 is 69.5 Å². The van der Waals surface area contributed by atoms with Crippen LogP contribution in [0.5, 0.6) is 0 Å². The van der Waals surface area contributed by atoms with Gasteiger partial charge in [-0.05, 0) is 26.2 Å². The number of aliphatic hydroxyl groups is 1. The molecule has 0 rings (SSSR count). The van der Waals surface area contributed by atoms with Crippen LogP contribution in [0.2, 0.25) is 0 Å². The third-order valence-corrected chi connectivity index (χ3v) is 5.98. The van der Waals surface area contributed by atoms with Gasteiger partial charge in [0, 0.05) is 5.25 Å². The molecule has 4 nitrogen and oxygen atoms in total. The summed E-state index contributed by atoms with van der Waals surface area (Å²) in [5.74, 6) is 0. The van der Waals surface area contributed by atoms with Crippen molar-refractivity contribution in [3.63, 3.8) is 0 Å². The molecule has 0 bridgehead atoms. The first-order chi connectivity index (χ1) is 11.4. The number of aliphatic hydroxyl groups excluding tert-OH is 1. The number of hydrogen-bond donors (Lipinski definition) is 1. The van der Waals surface area contributed by atoms with E-state index in [1.165, 1.54) is 57.8 Å². The van der Waals surface area contributed by atoms with Crippen molar-refractivity contribution in [2.24, 2.45) is 0 Å². The molecule has 0 aliphatic heterocycles. The van der Waals surface area contributed by atoms with Gasteiger partial charge in [-0.15, -0.1) is 0 Å². The van der Waals surface area contributed by atoms with Crippen molar-refractivity contribution in [3.8, 4) is 0 Å². The van der Waals surface area contributed by atoms with E-state index in [1.807, 2.05) is 0 Å². The summed E-state index contributed by atoms with van der Waals surface area (Å²) < 4.78 is 33.7. The minimum absolute atomic E-state index is 0. The third-order valence-electron chi connectivity index (χ3n) is 4.69. The van der Waals surface area contributed by atoms with Gasteiger partial charge in [-0.2, -0.15) is 0 Å². The maximum Gasteiger partial charge on any atom is 1.00 e. The summed E-state index contributed by atoms with van der Waals surface area (Å²) in [6, 6.07) is 0. The van der Waals surface area contributed by atoms with Crippen LogP contribution in [0.4, 0.5) is 0 Å². The van der Waals surface area contributed by atoms with Gasteiger partial charge in [-0.25, -0.2) is 8.42 Å². The Labute approximate surface area is 199 Å². The largest absolute Gasteiger partial charge is 1.00 e. The Balaban J connectivity index is 0. The Morgan fingerprint density at radius 2 is 1.16 bits per heavy atom. The van der Waals surface area contributed by atoms with Gasteiger partial charge in [0.1, 0.15) is 0 Å². The van der Waals surface area contributed by atoms with E-state index in [0.29, 0.717) is 12.8 Å². The van der Waals surface area contributed by atoms with Crippen LogP contribution in [0.25, 0.3) is 0 Å². The van der Waals surface area contributed by atoms with Gasteiger partial charge >= 0.3 is 51.4 Å². The van der Waals surface area contributed by atoms with E-state index >= 15 is 0 Å². The summed E-state index contributed by atoms with van der Waals surface area (Å²) in [4.78, 5) is 0. The molecule has 0 aromatic rings. The molecule has 1 N–H and O–H groups in total. The Kier molecular flexibility index (Phi) is 21.7. The number of rotatable bonds is 17. The van der Waals surface area contributed by atoms with Crippen molar-refractivity contribution in [3.05, 3.63) is 0 Å². The van der Waals surface area contributed by atoms with E-state index in [1.54, 1.807) is 6.92 Å². The molecule has 0 aliphatic rings. The second-order valence-electron chi connectivity index (χ2n) is 7.22. The van der Waals surface area contributed by atoms with Gasteiger partial charge in [0.25, 0.3) is 0 Å². The zero-order chi connectivity index (χ0) is 18.3. The normalized spacial score (nSPS) is 14.1. The fourth-order valence-corrected chi connectivity index (χ4v) is 3.95. The van der Waals surface area contributed by atoms with Gasteiger partial charge in [-0.3, -0.25) is 0 Å². The molecule has 25 heavy (non-hydrogen) atoms. The van der Waals surface area contributed by atoms with Crippen LogP contribution in [0.1, 0.15) is 110 Å². The van der Waals surface area contributed by atoms with Crippen LogP contribution in [-0.4, -0.2) is 29.4 Å². The quantitative estimate of drug-likeness (QED) is 0.230. The Bertz CT molecular complexity index is 372. The van der Waals surface area contributed by atoms with Crippen LogP contribution in [0.3, 0.4) is 0 Å². The van der Waals surface area contributed by atoms with E-state index in [9.17, 15) is 18.1 Å². The van der Waals surface area contributed by atoms with Crippen LogP contribution in [-0.2, 0) is 10.1 Å². The van der Waals surface area contributed by atoms with E-state index in [0.717, 1.165) is 19.3 Å². The van der Waals surface area contributed by atoms with E-state index < -0.39 is 21.5 Å². The van der Waals surface area contributed by atoms with Crippen LogP contribution < -0.4 is 51.4 Å². The predicted molar refractivity (Wildman–Crippen MR) is 100 cm³/mol. The maximum absolute atomic E-state index is 11.2. The summed E-state index contributed by atoms with van der Waals surface area (Å²) in [7, 11) is -4.24. The molecular weight excluding hydrogens is 363 g/mol. The first-order valence-corrected chi connectivity index (χ1v) is 11.5. The average molecular weight is 403 g/mol. The third kappa shape index (κ3) is 20.1. The molecule has 0 aromatic heterocycles. The van der Waals surface area contributed by atoms with Crippen LogP contribution >= 0.6 is 0 Å². The average Bonchev–Trinajstić information content (AvgIpc) is 2.49. The zero-order valence-electron chi connectivity index (χ0n) is 16.8. The minimum atomic E-state index is -4.24. The Morgan fingerprint density at radius 1 is 0.760 bits per heavy atom. The number of hydrogen-bond acceptors (Lipinski definition) is 4. The van der Waals surface area contributed by atoms with Crippen LogP contribution in [0, 0.1) is 0 Å². The molecule has 0 amide bonds. The molecule has 0 radical (unpaired) electrons. The molecule has 6 heteroatoms. The molecular formula is C19H39KO4S. The van der Waals surface area contributed by atoms with E-state index in [4.69, 9.17) is 0 Å². The smallest absolute Gasteiger partial charge is 0.748 e. The molecule has 0 spiro atoms. The molecule has 0 saturated carbocycles. The molecule has 0 fully saturated rings. The fraction of sp³-hybridized carbons (Fsp3) is 1.00. The van der Waals surface area contributed by atoms with Gasteiger partial charge < -0.3 is 9.66 Å². The van der Waals surface area contributed by atoms with Crippen molar-refractivity contribution in [2.45, 2.75) is 122 Å². The number of unbranched alkanes of at least 4 members (excludes halogenated alkanes) is 11. The molecule has 2 atom stereocenters. The first kappa shape index (κ1) is 28.7. The summed E-state index contributed by atoms with van der Waals surface area (Å²) in [6.45, 7) is 3.86. The second-order valence-corrected chi connectivity index (χ2v) is 8.87. The monoisotopic (exact) mass is 402 g/mol. The predicted octanol–water partition coefficient (Wildman–Crippen LogP) is 2.16. The van der Waals surface area contributed by atoms with E-state index in [-0.39, 0.29) is 57.8 Å². The van der Waals surface area contributed by atoms with Crippen LogP contribution in [0.15, 0.2) is 0 Å². The molecule has 2 unspecified atom stereocenters. The fourth-order valence-electron chi connectivity index (χ4n) is 3.07. The molecule has 0 aliphatic carbocycles. The standard InChI is InChI=1S/C19H40O4S.K/c1-3-4-5-6-7-8-9-10-11-12-13-14-15-19(24(21,22)23)17-16-18(2)20;/h18-20H,3-17H2,1-2H3,(H,21,22,23);/q;+1/p-1. The van der Waals surface area contributed by atoms with Crippen molar-refractivity contribution in [2.75, 3.05) is 0 Å². The summed E-state index contributed by atoms with van der Waals surface area (Å²) in [5.41, 5.74) is 0. The Hall–Kier alpha value is 1.51. The molecule has 0 saturated heterocycles. The van der Waals surface area contributed by atoms with Crippen molar-refractivity contribution in [1.82, 2.24) is 0 Å². The molecule has 146 valence electrons. The summed E-state index contributed by atoms with van der Waals surface area (Å²) in [6.07, 6.45) is 15.3.